The van der Waals surface area contributed by atoms with Crippen LogP contribution in [0.25, 0.3) is 0 Å². The molecule has 0 fully saturated rings. The maximum Gasteiger partial charge on any atom is 0.276 e. The molecule has 0 saturated carbocycles. The Balaban J connectivity index is 2.64. The molecule has 0 amide bonds. The lowest BCUT2D eigenvalue weighted by atomic mass is 10.2. The van der Waals surface area contributed by atoms with Crippen LogP contribution in [0.15, 0.2) is 29.2 Å². The Morgan fingerprint density at radius 3 is 2.10 bits per heavy atom. The predicted molar refractivity (Wildman–Crippen MR) is 77.0 cm³/mol. The standard InChI is InChI=1S/C11H19N3O4S2/c1-3-13-19(15,16)11-6-4-10(5-7-11)8-9-14-20(17,18)12-2/h4-7,12-14H,3,8-9H2,1-2H3. The summed E-state index contributed by atoms with van der Waals surface area (Å²) in [5.41, 5.74) is 0.847. The lowest BCUT2D eigenvalue weighted by Gasteiger charge is -2.07. The number of benzene rings is 1. The maximum absolute atomic E-state index is 11.7. The molecular weight excluding hydrogens is 302 g/mol. The second-order valence-corrected chi connectivity index (χ2v) is 7.47. The van der Waals surface area contributed by atoms with Crippen LogP contribution in [0.2, 0.25) is 0 Å². The van der Waals surface area contributed by atoms with Crippen LogP contribution in [-0.2, 0) is 26.7 Å². The number of nitrogens with one attached hydrogen (secondary N) is 3. The molecule has 3 N–H and O–H groups in total. The molecule has 0 heterocycles. The number of hydrogen-bond acceptors (Lipinski definition) is 4. The molecule has 0 aromatic heterocycles. The van der Waals surface area contributed by atoms with Gasteiger partial charge >= 0.3 is 0 Å². The van der Waals surface area contributed by atoms with Crippen molar-refractivity contribution in [3.05, 3.63) is 29.8 Å². The van der Waals surface area contributed by atoms with Crippen molar-refractivity contribution in [2.24, 2.45) is 0 Å². The van der Waals surface area contributed by atoms with E-state index in [4.69, 9.17) is 0 Å². The fourth-order valence-corrected chi connectivity index (χ4v) is 3.07. The highest BCUT2D eigenvalue weighted by Gasteiger charge is 2.12. The molecular formula is C11H19N3O4S2. The van der Waals surface area contributed by atoms with E-state index in [1.54, 1.807) is 19.1 Å². The molecule has 1 aromatic rings. The Hall–Kier alpha value is -1.00. The largest absolute Gasteiger partial charge is 0.276 e. The van der Waals surface area contributed by atoms with E-state index in [2.05, 4.69) is 14.2 Å². The normalized spacial score (nSPS) is 12.5. The Kier molecular flexibility index (Phi) is 6.08. The second kappa shape index (κ2) is 7.14. The van der Waals surface area contributed by atoms with Crippen molar-refractivity contribution < 1.29 is 16.8 Å². The van der Waals surface area contributed by atoms with Crippen LogP contribution in [-0.4, -0.2) is 37.0 Å². The summed E-state index contributed by atoms with van der Waals surface area (Å²) in [4.78, 5) is 0.193. The minimum Gasteiger partial charge on any atom is -0.211 e. The molecule has 0 aliphatic rings. The van der Waals surface area contributed by atoms with Crippen LogP contribution < -0.4 is 14.2 Å². The van der Waals surface area contributed by atoms with E-state index >= 15 is 0 Å². The predicted octanol–water partition coefficient (Wildman–Crippen LogP) is -0.419. The van der Waals surface area contributed by atoms with Crippen molar-refractivity contribution in [1.29, 1.82) is 0 Å². The molecule has 7 nitrogen and oxygen atoms in total. The molecule has 0 aliphatic heterocycles. The van der Waals surface area contributed by atoms with Gasteiger partial charge in [-0.25, -0.2) is 22.6 Å². The number of hydrogen-bond donors (Lipinski definition) is 3. The van der Waals surface area contributed by atoms with Gasteiger partial charge in [-0.3, -0.25) is 0 Å². The highest BCUT2D eigenvalue weighted by atomic mass is 32.2. The average Bonchev–Trinajstić information content (AvgIpc) is 2.39. The molecule has 9 heteroatoms. The first-order chi connectivity index (χ1) is 9.30. The molecule has 20 heavy (non-hydrogen) atoms. The lowest BCUT2D eigenvalue weighted by molar-refractivity contribution is 0.573. The topological polar surface area (TPSA) is 104 Å². The Morgan fingerprint density at radius 2 is 1.60 bits per heavy atom. The molecule has 0 atom stereocenters. The molecule has 0 radical (unpaired) electrons. The van der Waals surface area contributed by atoms with Crippen molar-refractivity contribution in [2.45, 2.75) is 18.2 Å². The van der Waals surface area contributed by atoms with Crippen molar-refractivity contribution in [3.8, 4) is 0 Å². The van der Waals surface area contributed by atoms with E-state index in [1.165, 1.54) is 19.2 Å². The van der Waals surface area contributed by atoms with Crippen LogP contribution >= 0.6 is 0 Å². The molecule has 0 aliphatic carbocycles. The SMILES string of the molecule is CCNS(=O)(=O)c1ccc(CCNS(=O)(=O)NC)cc1. The first-order valence-corrected chi connectivity index (χ1v) is 9.04. The summed E-state index contributed by atoms with van der Waals surface area (Å²) in [6, 6.07) is 6.33. The van der Waals surface area contributed by atoms with E-state index in [9.17, 15) is 16.8 Å². The first kappa shape index (κ1) is 17.1. The average molecular weight is 321 g/mol. The molecule has 1 rings (SSSR count). The number of sulfonamides is 1. The third-order valence-electron chi connectivity index (χ3n) is 2.54. The summed E-state index contributed by atoms with van der Waals surface area (Å²) in [7, 11) is -5.56. The smallest absolute Gasteiger partial charge is 0.211 e. The molecule has 0 unspecified atom stereocenters. The third-order valence-corrected chi connectivity index (χ3v) is 5.23. The van der Waals surface area contributed by atoms with Gasteiger partial charge in [0.15, 0.2) is 0 Å². The number of rotatable bonds is 8. The van der Waals surface area contributed by atoms with Gasteiger partial charge in [-0.2, -0.15) is 8.42 Å². The summed E-state index contributed by atoms with van der Waals surface area (Å²) in [6.07, 6.45) is 0.475. The summed E-state index contributed by atoms with van der Waals surface area (Å²) in [5.74, 6) is 0. The fourth-order valence-electron chi connectivity index (χ4n) is 1.51. The minimum absolute atomic E-state index is 0.193. The van der Waals surface area contributed by atoms with Gasteiger partial charge in [-0.1, -0.05) is 19.1 Å². The van der Waals surface area contributed by atoms with Gasteiger partial charge < -0.3 is 0 Å². The van der Waals surface area contributed by atoms with Crippen LogP contribution in [0.1, 0.15) is 12.5 Å². The van der Waals surface area contributed by atoms with Gasteiger partial charge in [0.25, 0.3) is 10.2 Å². The highest BCUT2D eigenvalue weighted by molar-refractivity contribution is 7.89. The zero-order chi connectivity index (χ0) is 15.2. The first-order valence-electron chi connectivity index (χ1n) is 6.07. The van der Waals surface area contributed by atoms with Gasteiger partial charge in [0.05, 0.1) is 4.90 Å². The lowest BCUT2D eigenvalue weighted by Crippen LogP contribution is -2.35. The van der Waals surface area contributed by atoms with Crippen LogP contribution in [0.4, 0.5) is 0 Å². The quantitative estimate of drug-likeness (QED) is 0.605. The van der Waals surface area contributed by atoms with Crippen molar-refractivity contribution in [2.75, 3.05) is 20.1 Å². The summed E-state index contributed by atoms with van der Waals surface area (Å²) < 4.78 is 52.6. The van der Waals surface area contributed by atoms with Gasteiger partial charge in [0, 0.05) is 20.1 Å². The molecule has 0 bridgehead atoms. The molecule has 1 aromatic carbocycles. The molecule has 0 spiro atoms. The zero-order valence-corrected chi connectivity index (χ0v) is 13.0. The summed E-state index contributed by atoms with van der Waals surface area (Å²) in [6.45, 7) is 2.28. The third kappa shape index (κ3) is 5.17. The fraction of sp³-hybridized carbons (Fsp3) is 0.455. The van der Waals surface area contributed by atoms with E-state index in [0.717, 1.165) is 5.56 Å². The van der Waals surface area contributed by atoms with E-state index in [0.29, 0.717) is 13.0 Å². The van der Waals surface area contributed by atoms with Gasteiger partial charge in [-0.15, -0.1) is 0 Å². The van der Waals surface area contributed by atoms with Crippen LogP contribution in [0.3, 0.4) is 0 Å². The summed E-state index contributed by atoms with van der Waals surface area (Å²) >= 11 is 0. The Bertz CT molecular complexity index is 624. The monoisotopic (exact) mass is 321 g/mol. The van der Waals surface area contributed by atoms with Gasteiger partial charge in [-0.05, 0) is 24.1 Å². The van der Waals surface area contributed by atoms with Crippen LogP contribution in [0, 0.1) is 0 Å². The van der Waals surface area contributed by atoms with Crippen molar-refractivity contribution in [1.82, 2.24) is 14.2 Å². The van der Waals surface area contributed by atoms with Gasteiger partial charge in [0.1, 0.15) is 0 Å². The van der Waals surface area contributed by atoms with Crippen molar-refractivity contribution in [3.63, 3.8) is 0 Å². The Morgan fingerprint density at radius 1 is 1.00 bits per heavy atom. The second-order valence-electron chi connectivity index (χ2n) is 4.00. The zero-order valence-electron chi connectivity index (χ0n) is 11.4. The van der Waals surface area contributed by atoms with Crippen LogP contribution in [0.5, 0.6) is 0 Å². The van der Waals surface area contributed by atoms with E-state index in [-0.39, 0.29) is 11.4 Å². The maximum atomic E-state index is 11.7. The van der Waals surface area contributed by atoms with Crippen molar-refractivity contribution >= 4 is 20.2 Å². The molecule has 0 saturated heterocycles. The highest BCUT2D eigenvalue weighted by Crippen LogP contribution is 2.10. The van der Waals surface area contributed by atoms with E-state index in [1.807, 2.05) is 0 Å². The Labute approximate surface area is 120 Å². The van der Waals surface area contributed by atoms with Gasteiger partial charge in [0.2, 0.25) is 10.0 Å². The molecule has 114 valence electrons. The van der Waals surface area contributed by atoms with E-state index < -0.39 is 20.2 Å². The summed E-state index contributed by atoms with van der Waals surface area (Å²) in [5, 5.41) is 0. The minimum atomic E-state index is -3.45.